The first-order valence-corrected chi connectivity index (χ1v) is 7.60. The zero-order chi connectivity index (χ0) is 15.1. The van der Waals surface area contributed by atoms with Gasteiger partial charge in [0.1, 0.15) is 5.75 Å². The minimum atomic E-state index is 0.00239. The molecule has 6 heteroatoms. The molecule has 1 heterocycles. The van der Waals surface area contributed by atoms with Crippen molar-refractivity contribution in [3.8, 4) is 11.8 Å². The fourth-order valence-corrected chi connectivity index (χ4v) is 2.66. The molecule has 21 heavy (non-hydrogen) atoms. The van der Waals surface area contributed by atoms with Gasteiger partial charge in [0.25, 0.3) is 0 Å². The molecule has 1 aromatic carbocycles. The third-order valence-corrected chi connectivity index (χ3v) is 4.09. The summed E-state index contributed by atoms with van der Waals surface area (Å²) in [6.45, 7) is 0.599. The van der Waals surface area contributed by atoms with E-state index in [9.17, 15) is 0 Å². The Kier molecular flexibility index (Phi) is 5.67. The Morgan fingerprint density at radius 2 is 2.33 bits per heavy atom. The van der Waals surface area contributed by atoms with Crippen LogP contribution >= 0.6 is 11.8 Å². The Labute approximate surface area is 128 Å². The van der Waals surface area contributed by atoms with Gasteiger partial charge in [-0.2, -0.15) is 5.26 Å². The van der Waals surface area contributed by atoms with Crippen LogP contribution in [-0.2, 0) is 13.7 Å². The minimum absolute atomic E-state index is 0.00239. The summed E-state index contributed by atoms with van der Waals surface area (Å²) >= 11 is 1.63. The van der Waals surface area contributed by atoms with Crippen molar-refractivity contribution in [2.24, 2.45) is 7.05 Å². The molecule has 0 bridgehead atoms. The smallest absolute Gasteiger partial charge is 0.167 e. The van der Waals surface area contributed by atoms with E-state index in [2.05, 4.69) is 11.1 Å². The summed E-state index contributed by atoms with van der Waals surface area (Å²) in [4.78, 5) is 4.25. The summed E-state index contributed by atoms with van der Waals surface area (Å²) in [5.74, 6) is 1.60. The van der Waals surface area contributed by atoms with E-state index >= 15 is 0 Å². The van der Waals surface area contributed by atoms with Gasteiger partial charge in [-0.25, -0.2) is 4.98 Å². The molecule has 0 aliphatic carbocycles. The molecule has 0 radical (unpaired) electrons. The average Bonchev–Trinajstić information content (AvgIpc) is 2.87. The fraction of sp³-hybridized carbons (Fsp3) is 0.333. The molecule has 0 spiro atoms. The number of thioether (sulfide) groups is 1. The average molecular weight is 303 g/mol. The van der Waals surface area contributed by atoms with Crippen LogP contribution in [0.2, 0.25) is 0 Å². The number of ether oxygens (including phenoxy) is 1. The number of aliphatic hydroxyl groups excluding tert-OH is 1. The lowest BCUT2D eigenvalue weighted by Crippen LogP contribution is -2.01. The molecule has 0 saturated carbocycles. The van der Waals surface area contributed by atoms with E-state index in [0.717, 1.165) is 28.8 Å². The summed E-state index contributed by atoms with van der Waals surface area (Å²) in [6.07, 6.45) is 2.56. The summed E-state index contributed by atoms with van der Waals surface area (Å²) < 4.78 is 7.50. The Bertz CT molecular complexity index is 634. The quantitative estimate of drug-likeness (QED) is 0.628. The van der Waals surface area contributed by atoms with Gasteiger partial charge in [0, 0.05) is 12.8 Å². The first-order chi connectivity index (χ1) is 10.2. The molecular weight excluding hydrogens is 286 g/mol. The molecule has 1 aromatic heterocycles. The van der Waals surface area contributed by atoms with E-state index in [-0.39, 0.29) is 6.61 Å². The standard InChI is InChI=1S/C15H17N3O2S/c1-18-13(11-19)10-17-15(18)21-7-3-6-20-14-5-2-4-12(8-14)9-16/h2,4-5,8,10,19H,3,6-7,11H2,1H3. The third-order valence-electron chi connectivity index (χ3n) is 2.96. The molecule has 0 saturated heterocycles. The van der Waals surface area contributed by atoms with Gasteiger partial charge >= 0.3 is 0 Å². The number of nitrogens with zero attached hydrogens (tertiary/aromatic N) is 3. The van der Waals surface area contributed by atoms with Gasteiger partial charge in [-0.15, -0.1) is 0 Å². The Morgan fingerprint density at radius 1 is 1.48 bits per heavy atom. The zero-order valence-corrected chi connectivity index (χ0v) is 12.6. The van der Waals surface area contributed by atoms with Crippen molar-refractivity contribution in [2.45, 2.75) is 18.2 Å². The van der Waals surface area contributed by atoms with E-state index in [0.29, 0.717) is 12.2 Å². The molecule has 0 aliphatic rings. The molecule has 5 nitrogen and oxygen atoms in total. The van der Waals surface area contributed by atoms with E-state index in [1.807, 2.05) is 23.7 Å². The van der Waals surface area contributed by atoms with Gasteiger partial charge in [-0.1, -0.05) is 17.8 Å². The van der Waals surface area contributed by atoms with Gasteiger partial charge in [0.05, 0.1) is 36.7 Å². The molecule has 0 amide bonds. The van der Waals surface area contributed by atoms with Gasteiger partial charge in [-0.3, -0.25) is 0 Å². The first kappa shape index (κ1) is 15.4. The maximum atomic E-state index is 9.10. The highest BCUT2D eigenvalue weighted by Crippen LogP contribution is 2.18. The maximum Gasteiger partial charge on any atom is 0.167 e. The van der Waals surface area contributed by atoms with Crippen LogP contribution in [0.3, 0.4) is 0 Å². The van der Waals surface area contributed by atoms with Crippen molar-refractivity contribution < 1.29 is 9.84 Å². The Balaban J connectivity index is 1.72. The molecule has 2 aromatic rings. The SMILES string of the molecule is Cn1c(CO)cnc1SCCCOc1cccc(C#N)c1. The second-order valence-corrected chi connectivity index (χ2v) is 5.50. The van der Waals surface area contributed by atoms with Crippen LogP contribution < -0.4 is 4.74 Å². The van der Waals surface area contributed by atoms with Crippen LogP contribution in [0.5, 0.6) is 5.75 Å². The number of aromatic nitrogens is 2. The lowest BCUT2D eigenvalue weighted by atomic mass is 10.2. The highest BCUT2D eigenvalue weighted by Gasteiger charge is 2.05. The molecule has 0 unspecified atom stereocenters. The van der Waals surface area contributed by atoms with Crippen LogP contribution in [0.4, 0.5) is 0 Å². The third kappa shape index (κ3) is 4.25. The van der Waals surface area contributed by atoms with Crippen LogP contribution in [0.15, 0.2) is 35.6 Å². The Morgan fingerprint density at radius 3 is 3.05 bits per heavy atom. The summed E-state index contributed by atoms with van der Waals surface area (Å²) in [5, 5.41) is 18.8. The minimum Gasteiger partial charge on any atom is -0.494 e. The van der Waals surface area contributed by atoms with Gasteiger partial charge in [0.15, 0.2) is 5.16 Å². The van der Waals surface area contributed by atoms with Crippen molar-refractivity contribution >= 4 is 11.8 Å². The van der Waals surface area contributed by atoms with Crippen molar-refractivity contribution in [2.75, 3.05) is 12.4 Å². The zero-order valence-electron chi connectivity index (χ0n) is 11.8. The molecule has 110 valence electrons. The number of imidazole rings is 1. The van der Waals surface area contributed by atoms with Crippen molar-refractivity contribution in [1.29, 1.82) is 5.26 Å². The number of nitriles is 1. The van der Waals surface area contributed by atoms with E-state index in [1.54, 1.807) is 30.1 Å². The monoisotopic (exact) mass is 303 g/mol. The second kappa shape index (κ2) is 7.72. The van der Waals surface area contributed by atoms with Gasteiger partial charge in [0.2, 0.25) is 0 Å². The number of rotatable bonds is 7. The molecule has 2 rings (SSSR count). The maximum absolute atomic E-state index is 9.10. The normalized spacial score (nSPS) is 10.3. The molecule has 0 aliphatic heterocycles. The van der Waals surface area contributed by atoms with Crippen LogP contribution in [0.1, 0.15) is 17.7 Å². The molecular formula is C15H17N3O2S. The summed E-state index contributed by atoms with van der Waals surface area (Å²) in [5.41, 5.74) is 1.41. The van der Waals surface area contributed by atoms with Gasteiger partial charge in [-0.05, 0) is 24.6 Å². The number of benzene rings is 1. The van der Waals surface area contributed by atoms with Crippen molar-refractivity contribution in [1.82, 2.24) is 9.55 Å². The first-order valence-electron chi connectivity index (χ1n) is 6.62. The predicted octanol–water partition coefficient (Wildman–Crippen LogP) is 2.35. The van der Waals surface area contributed by atoms with Crippen LogP contribution in [0.25, 0.3) is 0 Å². The largest absolute Gasteiger partial charge is 0.494 e. The fourth-order valence-electron chi connectivity index (χ4n) is 1.77. The Hall–Kier alpha value is -1.97. The topological polar surface area (TPSA) is 71.1 Å². The highest BCUT2D eigenvalue weighted by molar-refractivity contribution is 7.99. The lowest BCUT2D eigenvalue weighted by Gasteiger charge is -2.06. The number of aliphatic hydroxyl groups is 1. The molecule has 1 N–H and O–H groups in total. The number of hydrogen-bond acceptors (Lipinski definition) is 5. The van der Waals surface area contributed by atoms with Crippen molar-refractivity contribution in [3.05, 3.63) is 41.7 Å². The predicted molar refractivity (Wildman–Crippen MR) is 81.1 cm³/mol. The van der Waals surface area contributed by atoms with Crippen LogP contribution in [0, 0.1) is 11.3 Å². The summed E-state index contributed by atoms with van der Waals surface area (Å²) in [6, 6.07) is 9.24. The van der Waals surface area contributed by atoms with Crippen molar-refractivity contribution in [3.63, 3.8) is 0 Å². The van der Waals surface area contributed by atoms with E-state index in [4.69, 9.17) is 15.1 Å². The van der Waals surface area contributed by atoms with Gasteiger partial charge < -0.3 is 14.4 Å². The molecule has 0 atom stereocenters. The second-order valence-electron chi connectivity index (χ2n) is 4.44. The number of hydrogen-bond donors (Lipinski definition) is 1. The van der Waals surface area contributed by atoms with E-state index < -0.39 is 0 Å². The molecule has 0 fully saturated rings. The van der Waals surface area contributed by atoms with Crippen LogP contribution in [-0.4, -0.2) is 27.0 Å². The van der Waals surface area contributed by atoms with E-state index in [1.165, 1.54) is 0 Å². The summed E-state index contributed by atoms with van der Waals surface area (Å²) in [7, 11) is 1.89. The highest BCUT2D eigenvalue weighted by atomic mass is 32.2. The lowest BCUT2D eigenvalue weighted by molar-refractivity contribution is 0.271.